The second-order valence-electron chi connectivity index (χ2n) is 2.25. The molecule has 0 aromatic carbocycles. The van der Waals surface area contributed by atoms with E-state index in [1.807, 2.05) is 0 Å². The summed E-state index contributed by atoms with van der Waals surface area (Å²) < 4.78 is 36.6. The van der Waals surface area contributed by atoms with Gasteiger partial charge in [-0.25, -0.2) is 0 Å². The van der Waals surface area contributed by atoms with Gasteiger partial charge in [0.1, 0.15) is 8.30 Å². The molecule has 0 saturated heterocycles. The summed E-state index contributed by atoms with van der Waals surface area (Å²) in [5.41, 5.74) is 0. The van der Waals surface area contributed by atoms with Crippen molar-refractivity contribution in [1.82, 2.24) is 0 Å². The summed E-state index contributed by atoms with van der Waals surface area (Å²) in [4.78, 5) is 13.6. The van der Waals surface area contributed by atoms with Gasteiger partial charge < -0.3 is 5.11 Å². The van der Waals surface area contributed by atoms with E-state index < -0.39 is 23.4 Å². The molecule has 0 spiro atoms. The molecule has 0 aromatic heterocycles. The van der Waals surface area contributed by atoms with Gasteiger partial charge in [-0.3, -0.25) is 9.79 Å². The van der Waals surface area contributed by atoms with Crippen LogP contribution in [-0.2, 0) is 4.79 Å². The average Bonchev–Trinajstić information content (AvgIpc) is 2.29. The Hall–Kier alpha value is 0.01000. The van der Waals surface area contributed by atoms with Crippen molar-refractivity contribution in [1.29, 1.82) is 0 Å². The standard InChI is InChI=1S/C5H3F3INO2S/c6-5(7,8)2-1(3(11)12)13-4(9)10-2/h1-2H,(H,11,12). The van der Waals surface area contributed by atoms with Crippen LogP contribution in [0.3, 0.4) is 0 Å². The van der Waals surface area contributed by atoms with E-state index in [9.17, 15) is 18.0 Å². The second-order valence-corrected chi connectivity index (χ2v) is 5.13. The summed E-state index contributed by atoms with van der Waals surface area (Å²) in [6.07, 6.45) is -4.58. The summed E-state index contributed by atoms with van der Waals surface area (Å²) in [6, 6.07) is -2.11. The molecule has 0 aromatic rings. The lowest BCUT2D eigenvalue weighted by molar-refractivity contribution is -0.158. The Kier molecular flexibility index (Phi) is 3.10. The van der Waals surface area contributed by atoms with E-state index in [1.54, 1.807) is 22.6 Å². The van der Waals surface area contributed by atoms with Crippen LogP contribution >= 0.6 is 34.4 Å². The number of hydrogen-bond donors (Lipinski definition) is 1. The van der Waals surface area contributed by atoms with Gasteiger partial charge in [0.15, 0.2) is 6.04 Å². The third kappa shape index (κ3) is 2.48. The van der Waals surface area contributed by atoms with Crippen LogP contribution in [0.5, 0.6) is 0 Å². The van der Waals surface area contributed by atoms with Gasteiger partial charge in [-0.15, -0.1) is 0 Å². The van der Waals surface area contributed by atoms with Crippen LogP contribution in [0.25, 0.3) is 0 Å². The van der Waals surface area contributed by atoms with Crippen LogP contribution in [0.1, 0.15) is 0 Å². The predicted octanol–water partition coefficient (Wildman–Crippen LogP) is 1.91. The molecular weight excluding hydrogens is 322 g/mol. The highest BCUT2D eigenvalue weighted by Crippen LogP contribution is 2.38. The summed E-state index contributed by atoms with van der Waals surface area (Å²) >= 11 is 2.21. The van der Waals surface area contributed by atoms with Crippen molar-refractivity contribution in [3.63, 3.8) is 0 Å². The number of nitrogens with zero attached hydrogens (tertiary/aromatic N) is 1. The normalized spacial score (nSPS) is 28.8. The smallest absolute Gasteiger partial charge is 0.412 e. The van der Waals surface area contributed by atoms with E-state index in [1.165, 1.54) is 0 Å². The van der Waals surface area contributed by atoms with Crippen LogP contribution in [-0.4, -0.2) is 31.6 Å². The van der Waals surface area contributed by atoms with Gasteiger partial charge in [-0.1, -0.05) is 11.8 Å². The molecule has 2 atom stereocenters. The van der Waals surface area contributed by atoms with Crippen LogP contribution < -0.4 is 0 Å². The van der Waals surface area contributed by atoms with Crippen molar-refractivity contribution in [2.45, 2.75) is 17.5 Å². The van der Waals surface area contributed by atoms with Gasteiger partial charge in [-0.05, 0) is 22.6 Å². The Balaban J connectivity index is 2.87. The lowest BCUT2D eigenvalue weighted by atomic mass is 10.2. The maximum Gasteiger partial charge on any atom is 0.412 e. The van der Waals surface area contributed by atoms with Crippen molar-refractivity contribution in [3.8, 4) is 0 Å². The van der Waals surface area contributed by atoms with Crippen LogP contribution in [0, 0.1) is 0 Å². The Morgan fingerprint density at radius 1 is 1.62 bits per heavy atom. The lowest BCUT2D eigenvalue weighted by Gasteiger charge is -2.15. The summed E-state index contributed by atoms with van der Waals surface area (Å²) in [5.74, 6) is -1.48. The van der Waals surface area contributed by atoms with E-state index in [-0.39, 0.29) is 3.05 Å². The molecule has 1 aliphatic heterocycles. The minimum absolute atomic E-state index is 0.132. The number of carboxylic acid groups (broad SMARTS) is 1. The zero-order valence-electron chi connectivity index (χ0n) is 5.88. The lowest BCUT2D eigenvalue weighted by Crippen LogP contribution is -2.38. The van der Waals surface area contributed by atoms with Crippen molar-refractivity contribution in [2.75, 3.05) is 0 Å². The van der Waals surface area contributed by atoms with Gasteiger partial charge in [0.2, 0.25) is 0 Å². The molecule has 1 rings (SSSR count). The number of thioether (sulfide) groups is 1. The van der Waals surface area contributed by atoms with E-state index in [4.69, 9.17) is 5.11 Å². The maximum atomic E-state index is 12.2. The number of aliphatic imine (C=N–C) groups is 1. The molecule has 0 fully saturated rings. The SMILES string of the molecule is O=C(O)C1SC(I)=NC1C(F)(F)F. The Morgan fingerprint density at radius 2 is 2.15 bits per heavy atom. The highest BCUT2D eigenvalue weighted by atomic mass is 127. The van der Waals surface area contributed by atoms with E-state index in [0.717, 1.165) is 0 Å². The van der Waals surface area contributed by atoms with Gasteiger partial charge in [-0.2, -0.15) is 13.2 Å². The molecule has 13 heavy (non-hydrogen) atoms. The number of hydrogen-bond acceptors (Lipinski definition) is 3. The molecule has 1 heterocycles. The van der Waals surface area contributed by atoms with Crippen molar-refractivity contribution < 1.29 is 23.1 Å². The fourth-order valence-electron chi connectivity index (χ4n) is 0.807. The fraction of sp³-hybridized carbons (Fsp3) is 0.600. The number of carboxylic acids is 1. The minimum Gasteiger partial charge on any atom is -0.480 e. The number of halogens is 4. The average molecular weight is 325 g/mol. The molecule has 1 aliphatic rings. The fourth-order valence-corrected chi connectivity index (χ4v) is 2.76. The summed E-state index contributed by atoms with van der Waals surface area (Å²) in [6.45, 7) is 0. The molecular formula is C5H3F3INO2S. The van der Waals surface area contributed by atoms with Crippen molar-refractivity contribution >= 4 is 43.4 Å². The molecule has 0 amide bonds. The predicted molar refractivity (Wildman–Crippen MR) is 50.3 cm³/mol. The van der Waals surface area contributed by atoms with Gasteiger partial charge in [0, 0.05) is 0 Å². The highest BCUT2D eigenvalue weighted by Gasteiger charge is 2.51. The van der Waals surface area contributed by atoms with Crippen molar-refractivity contribution in [2.24, 2.45) is 4.99 Å². The largest absolute Gasteiger partial charge is 0.480 e. The van der Waals surface area contributed by atoms with Crippen LogP contribution in [0.4, 0.5) is 13.2 Å². The third-order valence-electron chi connectivity index (χ3n) is 1.33. The minimum atomic E-state index is -4.58. The topological polar surface area (TPSA) is 49.7 Å². The Bertz CT molecular complexity index is 267. The van der Waals surface area contributed by atoms with E-state index in [0.29, 0.717) is 11.8 Å². The quantitative estimate of drug-likeness (QED) is 0.750. The zero-order valence-corrected chi connectivity index (χ0v) is 8.85. The molecule has 1 N–H and O–H groups in total. The summed E-state index contributed by atoms with van der Waals surface area (Å²) in [7, 11) is 0. The number of rotatable bonds is 1. The van der Waals surface area contributed by atoms with Crippen LogP contribution in [0.15, 0.2) is 4.99 Å². The summed E-state index contributed by atoms with van der Waals surface area (Å²) in [5, 5.41) is 6.93. The first-order chi connectivity index (χ1) is 5.82. The van der Waals surface area contributed by atoms with E-state index in [2.05, 4.69) is 4.99 Å². The molecule has 74 valence electrons. The zero-order chi connectivity index (χ0) is 10.2. The first-order valence-electron chi connectivity index (χ1n) is 3.02. The molecule has 0 radical (unpaired) electrons. The highest BCUT2D eigenvalue weighted by molar-refractivity contribution is 14.1. The Labute approximate surface area is 88.9 Å². The maximum absolute atomic E-state index is 12.2. The van der Waals surface area contributed by atoms with Crippen molar-refractivity contribution in [3.05, 3.63) is 0 Å². The second kappa shape index (κ2) is 3.64. The van der Waals surface area contributed by atoms with Crippen LogP contribution in [0.2, 0.25) is 0 Å². The molecule has 8 heteroatoms. The number of aliphatic carboxylic acids is 1. The number of carbonyl (C=O) groups is 1. The van der Waals surface area contributed by atoms with Gasteiger partial charge in [0.05, 0.1) is 0 Å². The van der Waals surface area contributed by atoms with Gasteiger partial charge in [0.25, 0.3) is 0 Å². The molecule has 3 nitrogen and oxygen atoms in total. The Morgan fingerprint density at radius 3 is 2.46 bits per heavy atom. The number of alkyl halides is 3. The van der Waals surface area contributed by atoms with E-state index >= 15 is 0 Å². The molecule has 0 aliphatic carbocycles. The molecule has 2 unspecified atom stereocenters. The molecule has 0 saturated carbocycles. The van der Waals surface area contributed by atoms with Gasteiger partial charge >= 0.3 is 12.1 Å². The first kappa shape index (κ1) is 11.1. The first-order valence-corrected chi connectivity index (χ1v) is 4.97. The molecule has 0 bridgehead atoms. The third-order valence-corrected chi connectivity index (χ3v) is 3.38. The monoisotopic (exact) mass is 325 g/mol.